The number of para-hydroxylation sites is 2. The average Bonchev–Trinajstić information content (AvgIpc) is 4.15. The Morgan fingerprint density at radius 2 is 0.722 bits per heavy atom. The minimum absolute atomic E-state index is 0.101. The van der Waals surface area contributed by atoms with Crippen LogP contribution in [0.25, 0.3) is 55.6 Å². The molecule has 3 aliphatic carbocycles. The Balaban J connectivity index is 0.892. The topological polar surface area (TPSA) is 6.48 Å². The summed E-state index contributed by atoms with van der Waals surface area (Å²) in [6.07, 6.45) is 5.60. The van der Waals surface area contributed by atoms with Crippen LogP contribution in [0.5, 0.6) is 0 Å². The van der Waals surface area contributed by atoms with E-state index in [1.54, 1.807) is 0 Å². The Kier molecular flexibility index (Phi) is 11.1. The van der Waals surface area contributed by atoms with Gasteiger partial charge < -0.3 is 9.80 Å². The van der Waals surface area contributed by atoms with Crippen LogP contribution in [-0.2, 0) is 5.41 Å². The van der Waals surface area contributed by atoms with Gasteiger partial charge in [0.15, 0.2) is 0 Å². The molecule has 0 aromatic heterocycles. The molecule has 3 aliphatic rings. The Bertz CT molecular complexity index is 3530. The zero-order valence-electron chi connectivity index (χ0n) is 41.1. The molecule has 0 radical (unpaired) electrons. The zero-order chi connectivity index (χ0) is 48.2. The van der Waals surface area contributed by atoms with Crippen LogP contribution in [0.3, 0.4) is 0 Å². The second-order valence-corrected chi connectivity index (χ2v) is 20.9. The first-order chi connectivity index (χ1) is 35.4. The lowest BCUT2D eigenvalue weighted by Gasteiger charge is -2.28. The maximum absolute atomic E-state index is 2.43. The summed E-state index contributed by atoms with van der Waals surface area (Å²) in [5, 5.41) is 0. The largest absolute Gasteiger partial charge is 0.311 e. The fraction of sp³-hybridized carbons (Fsp3) is 0.143. The Hall–Kier alpha value is -8.20. The van der Waals surface area contributed by atoms with Crippen molar-refractivity contribution in [3.05, 3.63) is 265 Å². The molecular weight excluding hydrogens is 869 g/mol. The number of hydrogen-bond donors (Lipinski definition) is 0. The molecule has 2 nitrogen and oxygen atoms in total. The van der Waals surface area contributed by atoms with E-state index in [0.29, 0.717) is 5.92 Å². The van der Waals surface area contributed by atoms with E-state index in [1.165, 1.54) is 104 Å². The molecule has 0 N–H and O–H groups in total. The fourth-order valence-electron chi connectivity index (χ4n) is 12.8. The molecule has 72 heavy (non-hydrogen) atoms. The van der Waals surface area contributed by atoms with Crippen molar-refractivity contribution in [1.29, 1.82) is 0 Å². The minimum atomic E-state index is -0.101. The van der Waals surface area contributed by atoms with Gasteiger partial charge in [-0.15, -0.1) is 0 Å². The average molecular weight is 927 g/mol. The van der Waals surface area contributed by atoms with E-state index >= 15 is 0 Å². The van der Waals surface area contributed by atoms with E-state index in [1.807, 2.05) is 0 Å². The van der Waals surface area contributed by atoms with Crippen LogP contribution < -0.4 is 9.80 Å². The van der Waals surface area contributed by atoms with Gasteiger partial charge in [0.25, 0.3) is 0 Å². The first-order valence-corrected chi connectivity index (χ1v) is 26.0. The summed E-state index contributed by atoms with van der Waals surface area (Å²) in [5.74, 6) is 2.51. The molecule has 348 valence electrons. The summed E-state index contributed by atoms with van der Waals surface area (Å²) < 4.78 is 0. The Morgan fingerprint density at radius 3 is 1.21 bits per heavy atom. The van der Waals surface area contributed by atoms with Crippen LogP contribution in [0.15, 0.2) is 249 Å². The Labute approximate surface area is 425 Å². The summed E-state index contributed by atoms with van der Waals surface area (Å²) in [6, 6.07) is 92.1. The van der Waals surface area contributed by atoms with E-state index in [-0.39, 0.29) is 5.41 Å². The second-order valence-electron chi connectivity index (χ2n) is 20.9. The molecular formula is C70H58N2. The van der Waals surface area contributed by atoms with Gasteiger partial charge in [-0.05, 0) is 194 Å². The monoisotopic (exact) mass is 926 g/mol. The summed E-state index contributed by atoms with van der Waals surface area (Å²) in [4.78, 5) is 4.80. The highest BCUT2D eigenvalue weighted by Gasteiger charge is 2.40. The number of nitrogens with zero attached hydrogens (tertiary/aromatic N) is 2. The van der Waals surface area contributed by atoms with Gasteiger partial charge in [-0.2, -0.15) is 0 Å². The molecule has 0 saturated heterocycles. The number of rotatable bonds is 11. The summed E-state index contributed by atoms with van der Waals surface area (Å²) in [7, 11) is 0. The molecule has 0 aliphatic heterocycles. The third-order valence-electron chi connectivity index (χ3n) is 16.4. The lowest BCUT2D eigenvalue weighted by atomic mass is 9.82. The van der Waals surface area contributed by atoms with E-state index in [4.69, 9.17) is 0 Å². The molecule has 2 saturated carbocycles. The summed E-state index contributed by atoms with van der Waals surface area (Å²) in [6.45, 7) is 4.71. The maximum Gasteiger partial charge on any atom is 0.0465 e. The quantitative estimate of drug-likeness (QED) is 0.128. The van der Waals surface area contributed by atoms with Crippen molar-refractivity contribution < 1.29 is 0 Å². The van der Waals surface area contributed by atoms with Crippen molar-refractivity contribution in [3.63, 3.8) is 0 Å². The highest BCUT2D eigenvalue weighted by Crippen LogP contribution is 2.54. The van der Waals surface area contributed by atoms with Crippen molar-refractivity contribution in [3.8, 4) is 55.6 Å². The minimum Gasteiger partial charge on any atom is -0.311 e. The molecule has 0 heterocycles. The molecule has 13 rings (SSSR count). The number of fused-ring (bicyclic) bond motifs is 5. The van der Waals surface area contributed by atoms with Crippen LogP contribution >= 0.6 is 0 Å². The molecule has 2 heteroatoms. The molecule has 3 atom stereocenters. The summed E-state index contributed by atoms with van der Waals surface area (Å²) >= 11 is 0. The Morgan fingerprint density at radius 1 is 0.319 bits per heavy atom. The van der Waals surface area contributed by atoms with Gasteiger partial charge in [0.2, 0.25) is 0 Å². The lowest BCUT2D eigenvalue weighted by molar-refractivity contribution is 0.420. The second kappa shape index (κ2) is 18.2. The third-order valence-corrected chi connectivity index (χ3v) is 16.4. The maximum atomic E-state index is 2.43. The normalized spacial score (nSPS) is 17.1. The van der Waals surface area contributed by atoms with Crippen LogP contribution in [-0.4, -0.2) is 0 Å². The van der Waals surface area contributed by atoms with Crippen molar-refractivity contribution >= 4 is 34.1 Å². The predicted molar refractivity (Wildman–Crippen MR) is 303 cm³/mol. The van der Waals surface area contributed by atoms with Crippen LogP contribution in [0.2, 0.25) is 0 Å². The van der Waals surface area contributed by atoms with Crippen molar-refractivity contribution in [2.45, 2.75) is 50.9 Å². The van der Waals surface area contributed by atoms with E-state index in [9.17, 15) is 0 Å². The first-order valence-electron chi connectivity index (χ1n) is 26.0. The van der Waals surface area contributed by atoms with Gasteiger partial charge in [-0.25, -0.2) is 0 Å². The molecule has 3 unspecified atom stereocenters. The third kappa shape index (κ3) is 7.83. The van der Waals surface area contributed by atoms with Gasteiger partial charge in [0.05, 0.1) is 0 Å². The molecule has 0 amide bonds. The van der Waals surface area contributed by atoms with Crippen molar-refractivity contribution in [2.24, 2.45) is 11.8 Å². The van der Waals surface area contributed by atoms with Crippen molar-refractivity contribution in [1.82, 2.24) is 0 Å². The SMILES string of the molecule is CC1(C)c2ccccc2-c2ccc(N(c3ccccc3)c3ccc(-c4cc(-c5ccccc5)c(-c5ccc(N(c6ccccc6)c6ccc(C7CC8CCC7C8)cc6)cc5)cc4-c4ccccc4)cc3)cc21. The zero-order valence-corrected chi connectivity index (χ0v) is 41.1. The van der Waals surface area contributed by atoms with E-state index < -0.39 is 0 Å². The van der Waals surface area contributed by atoms with Crippen molar-refractivity contribution in [2.75, 3.05) is 9.80 Å². The van der Waals surface area contributed by atoms with Crippen LogP contribution in [0, 0.1) is 11.8 Å². The molecule has 2 fully saturated rings. The smallest absolute Gasteiger partial charge is 0.0465 e. The highest BCUT2D eigenvalue weighted by molar-refractivity contribution is 5.96. The first kappa shape index (κ1) is 43.8. The lowest BCUT2D eigenvalue weighted by Crippen LogP contribution is -2.16. The number of hydrogen-bond acceptors (Lipinski definition) is 2. The van der Waals surface area contributed by atoms with E-state index in [2.05, 4.69) is 272 Å². The van der Waals surface area contributed by atoms with E-state index in [0.717, 1.165) is 40.3 Å². The van der Waals surface area contributed by atoms with Gasteiger partial charge in [0.1, 0.15) is 0 Å². The van der Waals surface area contributed by atoms with Gasteiger partial charge in [0, 0.05) is 39.5 Å². The molecule has 2 bridgehead atoms. The van der Waals surface area contributed by atoms with Crippen LogP contribution in [0.1, 0.15) is 62.1 Å². The standard InChI is InChI=1S/C70H58N2/c1-70(2)68-26-16-15-25-61(68)62-42-41-60(45-69(62)70)72(56-23-13-6-14-24-56)59-39-33-53(34-40-59)67-47-64(49-17-7-3-8-18-49)66(46-65(67)50-19-9-4-10-20-50)52-31-37-58(38-32-52)71(55-21-11-5-12-22-55)57-35-29-51(30-36-57)63-44-48-27-28-54(63)43-48/h3-26,29-42,45-48,54,63H,27-28,43-44H2,1-2H3. The fourth-order valence-corrected chi connectivity index (χ4v) is 12.8. The van der Waals surface area contributed by atoms with Crippen LogP contribution in [0.4, 0.5) is 34.1 Å². The highest BCUT2D eigenvalue weighted by atomic mass is 15.1. The van der Waals surface area contributed by atoms with Gasteiger partial charge in [-0.1, -0.05) is 184 Å². The number of benzene rings is 10. The molecule has 0 spiro atoms. The molecule has 10 aromatic rings. The van der Waals surface area contributed by atoms with Gasteiger partial charge >= 0.3 is 0 Å². The summed E-state index contributed by atoms with van der Waals surface area (Å²) in [5.41, 5.74) is 23.2. The predicted octanol–water partition coefficient (Wildman–Crippen LogP) is 19.5. The number of anilines is 6. The van der Waals surface area contributed by atoms with Gasteiger partial charge in [-0.3, -0.25) is 0 Å². The molecule has 10 aromatic carbocycles.